The van der Waals surface area contributed by atoms with Crippen LogP contribution in [-0.4, -0.2) is 17.4 Å². The summed E-state index contributed by atoms with van der Waals surface area (Å²) in [6.45, 7) is 5.26. The van der Waals surface area contributed by atoms with E-state index in [4.69, 9.17) is 0 Å². The standard InChI is InChI=1S/C25H23N3O/c1-3-11-28-12-10-23-14-22(8-9-24(23)28)20-4-6-21(7-5-20)25(29)27-17-19-13-18(2)15-26-16-19/h4-9,13-16H,10,12,17H2,1-2H3,(H,27,29). The zero-order valence-corrected chi connectivity index (χ0v) is 16.7. The molecule has 4 nitrogen and oxygen atoms in total. The topological polar surface area (TPSA) is 45.2 Å². The molecule has 2 heterocycles. The first kappa shape index (κ1) is 18.8. The Balaban J connectivity index is 1.45. The lowest BCUT2D eigenvalue weighted by Gasteiger charge is -2.11. The number of hydrogen-bond donors (Lipinski definition) is 1. The van der Waals surface area contributed by atoms with E-state index in [-0.39, 0.29) is 5.91 Å². The van der Waals surface area contributed by atoms with Crippen LogP contribution in [0.25, 0.3) is 11.1 Å². The fraction of sp³-hybridized carbons (Fsp3) is 0.200. The lowest BCUT2D eigenvalue weighted by atomic mass is 10.0. The number of fused-ring (bicyclic) bond motifs is 1. The van der Waals surface area contributed by atoms with Gasteiger partial charge in [0.25, 0.3) is 5.91 Å². The molecule has 0 bridgehead atoms. The SMILES string of the molecule is CC#CN1CCc2cc(-c3ccc(C(=O)NCc4cncc(C)c4)cc3)ccc21. The van der Waals surface area contributed by atoms with E-state index in [0.29, 0.717) is 12.1 Å². The number of carbonyl (C=O) groups is 1. The first-order chi connectivity index (χ1) is 14.1. The third kappa shape index (κ3) is 4.14. The van der Waals surface area contributed by atoms with Crippen molar-refractivity contribution in [3.63, 3.8) is 0 Å². The first-order valence-corrected chi connectivity index (χ1v) is 9.76. The van der Waals surface area contributed by atoms with E-state index in [2.05, 4.69) is 45.4 Å². The molecule has 0 fully saturated rings. The Morgan fingerprint density at radius 1 is 1.10 bits per heavy atom. The smallest absolute Gasteiger partial charge is 0.251 e. The minimum absolute atomic E-state index is 0.0826. The van der Waals surface area contributed by atoms with Gasteiger partial charge in [0.1, 0.15) is 0 Å². The highest BCUT2D eigenvalue weighted by atomic mass is 16.1. The number of nitrogens with one attached hydrogen (secondary N) is 1. The van der Waals surface area contributed by atoms with Crippen molar-refractivity contribution in [3.05, 3.63) is 83.2 Å². The third-order valence-electron chi connectivity index (χ3n) is 5.09. The van der Waals surface area contributed by atoms with Crippen molar-refractivity contribution < 1.29 is 4.79 Å². The van der Waals surface area contributed by atoms with E-state index in [1.165, 1.54) is 11.3 Å². The number of rotatable bonds is 4. The van der Waals surface area contributed by atoms with E-state index >= 15 is 0 Å². The predicted molar refractivity (Wildman–Crippen MR) is 117 cm³/mol. The normalized spacial score (nSPS) is 12.1. The summed E-state index contributed by atoms with van der Waals surface area (Å²) in [5.41, 5.74) is 7.51. The summed E-state index contributed by atoms with van der Waals surface area (Å²) < 4.78 is 0. The van der Waals surface area contributed by atoms with Gasteiger partial charge in [-0.25, -0.2) is 0 Å². The maximum absolute atomic E-state index is 12.5. The molecule has 29 heavy (non-hydrogen) atoms. The van der Waals surface area contributed by atoms with E-state index in [9.17, 15) is 4.79 Å². The van der Waals surface area contributed by atoms with E-state index in [1.54, 1.807) is 12.4 Å². The predicted octanol–water partition coefficient (Wildman–Crippen LogP) is 4.33. The maximum atomic E-state index is 12.5. The number of benzene rings is 2. The molecule has 144 valence electrons. The number of aryl methyl sites for hydroxylation is 1. The molecule has 4 rings (SSSR count). The highest BCUT2D eigenvalue weighted by Gasteiger charge is 2.18. The number of amides is 1. The van der Waals surface area contributed by atoms with Gasteiger partial charge in [0.15, 0.2) is 0 Å². The fourth-order valence-electron chi connectivity index (χ4n) is 3.65. The van der Waals surface area contributed by atoms with Crippen molar-refractivity contribution in [1.82, 2.24) is 10.3 Å². The molecule has 1 amide bonds. The lowest BCUT2D eigenvalue weighted by Crippen LogP contribution is -2.22. The second-order valence-electron chi connectivity index (χ2n) is 7.24. The Labute approximate surface area is 171 Å². The summed E-state index contributed by atoms with van der Waals surface area (Å²) in [6.07, 6.45) is 4.58. The molecule has 0 spiro atoms. The van der Waals surface area contributed by atoms with Crippen molar-refractivity contribution in [3.8, 4) is 23.1 Å². The van der Waals surface area contributed by atoms with Crippen LogP contribution < -0.4 is 10.2 Å². The minimum atomic E-state index is -0.0826. The molecule has 1 aromatic heterocycles. The van der Waals surface area contributed by atoms with Crippen LogP contribution in [0, 0.1) is 18.9 Å². The van der Waals surface area contributed by atoms with Crippen molar-refractivity contribution in [1.29, 1.82) is 0 Å². The molecular weight excluding hydrogens is 358 g/mol. The van der Waals surface area contributed by atoms with Crippen LogP contribution in [0.15, 0.2) is 60.9 Å². The number of pyridine rings is 1. The molecule has 0 radical (unpaired) electrons. The highest BCUT2D eigenvalue weighted by molar-refractivity contribution is 5.94. The van der Waals surface area contributed by atoms with Gasteiger partial charge in [0.05, 0.1) is 5.69 Å². The van der Waals surface area contributed by atoms with E-state index < -0.39 is 0 Å². The summed E-state index contributed by atoms with van der Waals surface area (Å²) in [5, 5.41) is 2.96. The summed E-state index contributed by atoms with van der Waals surface area (Å²) in [6, 6.07) is 19.4. The Bertz CT molecular complexity index is 1110. The zero-order chi connectivity index (χ0) is 20.2. The van der Waals surface area contributed by atoms with Crippen LogP contribution >= 0.6 is 0 Å². The van der Waals surface area contributed by atoms with Crippen molar-refractivity contribution >= 4 is 11.6 Å². The van der Waals surface area contributed by atoms with Crippen LogP contribution in [0.2, 0.25) is 0 Å². The highest BCUT2D eigenvalue weighted by Crippen LogP contribution is 2.32. The fourth-order valence-corrected chi connectivity index (χ4v) is 3.65. The second-order valence-corrected chi connectivity index (χ2v) is 7.24. The van der Waals surface area contributed by atoms with Crippen molar-refractivity contribution in [2.24, 2.45) is 0 Å². The number of carbonyl (C=O) groups excluding carboxylic acids is 1. The van der Waals surface area contributed by atoms with Crippen LogP contribution in [0.1, 0.15) is 34.0 Å². The zero-order valence-electron chi connectivity index (χ0n) is 16.7. The molecule has 0 atom stereocenters. The van der Waals surface area contributed by atoms with Crippen LogP contribution in [0.3, 0.4) is 0 Å². The molecule has 0 saturated carbocycles. The average molecular weight is 381 g/mol. The molecule has 0 unspecified atom stereocenters. The summed E-state index contributed by atoms with van der Waals surface area (Å²) >= 11 is 0. The summed E-state index contributed by atoms with van der Waals surface area (Å²) in [7, 11) is 0. The molecule has 3 aromatic rings. The van der Waals surface area contributed by atoms with Crippen LogP contribution in [-0.2, 0) is 13.0 Å². The average Bonchev–Trinajstić information content (AvgIpc) is 3.15. The molecule has 0 saturated heterocycles. The van der Waals surface area contributed by atoms with Gasteiger partial charge in [0.2, 0.25) is 0 Å². The van der Waals surface area contributed by atoms with Gasteiger partial charge >= 0.3 is 0 Å². The molecule has 1 aliphatic heterocycles. The number of anilines is 1. The van der Waals surface area contributed by atoms with Gasteiger partial charge in [-0.1, -0.05) is 30.2 Å². The quantitative estimate of drug-likeness (QED) is 0.684. The number of aromatic nitrogens is 1. The monoisotopic (exact) mass is 381 g/mol. The molecule has 1 aliphatic rings. The third-order valence-corrected chi connectivity index (χ3v) is 5.09. The maximum Gasteiger partial charge on any atom is 0.251 e. The minimum Gasteiger partial charge on any atom is -0.348 e. The molecule has 4 heteroatoms. The molecule has 0 aliphatic carbocycles. The molecule has 1 N–H and O–H groups in total. The van der Waals surface area contributed by atoms with Gasteiger partial charge in [-0.2, -0.15) is 0 Å². The number of nitrogens with zero attached hydrogens (tertiary/aromatic N) is 2. The van der Waals surface area contributed by atoms with Gasteiger partial charge in [-0.3, -0.25) is 9.78 Å². The van der Waals surface area contributed by atoms with Crippen LogP contribution in [0.4, 0.5) is 5.69 Å². The largest absolute Gasteiger partial charge is 0.348 e. The van der Waals surface area contributed by atoms with Gasteiger partial charge in [-0.15, -0.1) is 0 Å². The Morgan fingerprint density at radius 2 is 1.90 bits per heavy atom. The van der Waals surface area contributed by atoms with Crippen molar-refractivity contribution in [2.45, 2.75) is 26.8 Å². The Kier molecular flexibility index (Phi) is 5.31. The number of hydrogen-bond acceptors (Lipinski definition) is 3. The lowest BCUT2D eigenvalue weighted by molar-refractivity contribution is 0.0951. The second kappa shape index (κ2) is 8.20. The van der Waals surface area contributed by atoms with Gasteiger partial charge in [0, 0.05) is 37.1 Å². The van der Waals surface area contributed by atoms with Gasteiger partial charge in [-0.05, 0) is 72.4 Å². The van der Waals surface area contributed by atoms with Crippen molar-refractivity contribution in [2.75, 3.05) is 11.4 Å². The van der Waals surface area contributed by atoms with Gasteiger partial charge < -0.3 is 10.2 Å². The summed E-state index contributed by atoms with van der Waals surface area (Å²) in [5.74, 6) is 2.89. The molecular formula is C25H23N3O. The van der Waals surface area contributed by atoms with E-state index in [0.717, 1.165) is 35.2 Å². The van der Waals surface area contributed by atoms with E-state index in [1.807, 2.05) is 44.2 Å². The Hall–Kier alpha value is -3.58. The summed E-state index contributed by atoms with van der Waals surface area (Å²) in [4.78, 5) is 18.7. The van der Waals surface area contributed by atoms with Crippen LogP contribution in [0.5, 0.6) is 0 Å². The molecule has 2 aromatic carbocycles. The first-order valence-electron chi connectivity index (χ1n) is 9.76. The Morgan fingerprint density at radius 3 is 2.66 bits per heavy atom.